The summed E-state index contributed by atoms with van der Waals surface area (Å²) >= 11 is 0. The van der Waals surface area contributed by atoms with Crippen LogP contribution in [0.1, 0.15) is 51.0 Å². The summed E-state index contributed by atoms with van der Waals surface area (Å²) in [7, 11) is 0. The van der Waals surface area contributed by atoms with Crippen LogP contribution in [-0.4, -0.2) is 46.8 Å². The van der Waals surface area contributed by atoms with E-state index >= 15 is 0 Å². The highest BCUT2D eigenvalue weighted by Gasteiger charge is 2.43. The van der Waals surface area contributed by atoms with Crippen molar-refractivity contribution in [3.05, 3.63) is 35.6 Å². The van der Waals surface area contributed by atoms with Gasteiger partial charge >= 0.3 is 0 Å². The van der Waals surface area contributed by atoms with Gasteiger partial charge in [-0.1, -0.05) is 25.1 Å². The van der Waals surface area contributed by atoms with Gasteiger partial charge in [0.1, 0.15) is 5.82 Å². The zero-order chi connectivity index (χ0) is 17.9. The zero-order valence-corrected chi connectivity index (χ0v) is 14.9. The fourth-order valence-corrected chi connectivity index (χ4v) is 4.10. The molecule has 0 saturated carbocycles. The number of carbonyl (C=O) groups is 1. The van der Waals surface area contributed by atoms with Crippen molar-refractivity contribution in [1.29, 1.82) is 0 Å². The van der Waals surface area contributed by atoms with Crippen LogP contribution in [0, 0.1) is 5.82 Å². The van der Waals surface area contributed by atoms with Crippen LogP contribution in [0.3, 0.4) is 0 Å². The average molecular weight is 349 g/mol. The van der Waals surface area contributed by atoms with Crippen molar-refractivity contribution >= 4 is 5.91 Å². The third-order valence-corrected chi connectivity index (χ3v) is 5.61. The molecule has 0 aliphatic carbocycles. The summed E-state index contributed by atoms with van der Waals surface area (Å²) in [4.78, 5) is 14.3. The maximum Gasteiger partial charge on any atom is 0.222 e. The standard InChI is InChI=1S/C20H28FNO3/c1-2-17-13-16(23)14-20(25-17)9-11-22(12-10-20)19(24)8-7-15-5-3-4-6-18(15)21/h3-6,16-17,23H,2,7-14H2,1H3/t16-,17+/m1/s1. The number of piperidine rings is 1. The molecule has 2 aliphatic heterocycles. The van der Waals surface area contributed by atoms with Gasteiger partial charge in [-0.15, -0.1) is 0 Å². The van der Waals surface area contributed by atoms with Crippen LogP contribution in [0.25, 0.3) is 0 Å². The number of carbonyl (C=O) groups excluding carboxylic acids is 1. The first-order valence-corrected chi connectivity index (χ1v) is 9.38. The number of aryl methyl sites for hydroxylation is 1. The second-order valence-electron chi connectivity index (χ2n) is 7.40. The van der Waals surface area contributed by atoms with E-state index in [0.29, 0.717) is 44.3 Å². The Morgan fingerprint density at radius 2 is 2.08 bits per heavy atom. The molecule has 2 aliphatic rings. The average Bonchev–Trinajstić information content (AvgIpc) is 2.60. The number of nitrogens with zero attached hydrogens (tertiary/aromatic N) is 1. The first kappa shape index (κ1) is 18.3. The normalized spacial score (nSPS) is 26.0. The van der Waals surface area contributed by atoms with Crippen molar-refractivity contribution in [3.63, 3.8) is 0 Å². The van der Waals surface area contributed by atoms with E-state index in [4.69, 9.17) is 4.74 Å². The number of benzene rings is 1. The first-order chi connectivity index (χ1) is 12.0. The quantitative estimate of drug-likeness (QED) is 0.909. The number of hydrogen-bond acceptors (Lipinski definition) is 3. The molecule has 5 heteroatoms. The summed E-state index contributed by atoms with van der Waals surface area (Å²) in [5.41, 5.74) is 0.314. The van der Waals surface area contributed by atoms with Gasteiger partial charge in [0.25, 0.3) is 0 Å². The number of ether oxygens (including phenoxy) is 1. The van der Waals surface area contributed by atoms with Crippen molar-refractivity contribution in [2.75, 3.05) is 13.1 Å². The van der Waals surface area contributed by atoms with Crippen LogP contribution in [0.5, 0.6) is 0 Å². The molecular weight excluding hydrogens is 321 g/mol. The molecule has 0 bridgehead atoms. The van der Waals surface area contributed by atoms with Crippen LogP contribution in [-0.2, 0) is 16.0 Å². The molecule has 1 N–H and O–H groups in total. The second-order valence-corrected chi connectivity index (χ2v) is 7.40. The van der Waals surface area contributed by atoms with Gasteiger partial charge in [0.2, 0.25) is 5.91 Å². The minimum Gasteiger partial charge on any atom is -0.393 e. The molecule has 1 aromatic carbocycles. The fourth-order valence-electron chi connectivity index (χ4n) is 4.10. The third kappa shape index (κ3) is 4.39. The maximum absolute atomic E-state index is 13.7. The summed E-state index contributed by atoms with van der Waals surface area (Å²) in [6, 6.07) is 6.62. The van der Waals surface area contributed by atoms with Gasteiger partial charge in [0.05, 0.1) is 17.8 Å². The number of aliphatic hydroxyl groups is 1. The van der Waals surface area contributed by atoms with E-state index < -0.39 is 0 Å². The van der Waals surface area contributed by atoms with Gasteiger partial charge in [-0.05, 0) is 43.7 Å². The molecule has 138 valence electrons. The predicted octanol–water partition coefficient (Wildman–Crippen LogP) is 3.07. The highest BCUT2D eigenvalue weighted by Crippen LogP contribution is 2.38. The highest BCUT2D eigenvalue weighted by atomic mass is 19.1. The predicted molar refractivity (Wildman–Crippen MR) is 93.7 cm³/mol. The maximum atomic E-state index is 13.7. The van der Waals surface area contributed by atoms with Crippen LogP contribution >= 0.6 is 0 Å². The SMILES string of the molecule is CC[C@H]1C[C@@H](O)CC2(CCN(C(=O)CCc3ccccc3F)CC2)O1. The van der Waals surface area contributed by atoms with E-state index in [1.807, 2.05) is 4.90 Å². The minimum atomic E-state index is -0.304. The third-order valence-electron chi connectivity index (χ3n) is 5.61. The Hall–Kier alpha value is -1.46. The van der Waals surface area contributed by atoms with Crippen molar-refractivity contribution in [2.24, 2.45) is 0 Å². The summed E-state index contributed by atoms with van der Waals surface area (Å²) in [5.74, 6) is -0.176. The number of amides is 1. The summed E-state index contributed by atoms with van der Waals surface area (Å²) in [5, 5.41) is 10.1. The smallest absolute Gasteiger partial charge is 0.222 e. The Morgan fingerprint density at radius 1 is 1.36 bits per heavy atom. The number of aliphatic hydroxyl groups excluding tert-OH is 1. The minimum absolute atomic E-state index is 0.0708. The van der Waals surface area contributed by atoms with Crippen LogP contribution in [0.4, 0.5) is 4.39 Å². The van der Waals surface area contributed by atoms with Gasteiger partial charge in [-0.2, -0.15) is 0 Å². The van der Waals surface area contributed by atoms with Crippen molar-refractivity contribution in [2.45, 2.75) is 69.7 Å². The summed E-state index contributed by atoms with van der Waals surface area (Å²) < 4.78 is 19.9. The first-order valence-electron chi connectivity index (χ1n) is 9.38. The highest BCUT2D eigenvalue weighted by molar-refractivity contribution is 5.76. The molecule has 1 amide bonds. The molecule has 1 spiro atoms. The molecule has 2 saturated heterocycles. The van der Waals surface area contributed by atoms with E-state index in [2.05, 4.69) is 6.92 Å². The lowest BCUT2D eigenvalue weighted by Gasteiger charge is -2.48. The Morgan fingerprint density at radius 3 is 2.76 bits per heavy atom. The number of halogens is 1. The van der Waals surface area contributed by atoms with Crippen molar-refractivity contribution < 1.29 is 19.0 Å². The molecule has 1 aromatic rings. The van der Waals surface area contributed by atoms with Crippen LogP contribution in [0.2, 0.25) is 0 Å². The summed E-state index contributed by atoms with van der Waals surface area (Å²) in [6.07, 6.45) is 4.40. The van der Waals surface area contributed by atoms with Crippen LogP contribution < -0.4 is 0 Å². The largest absolute Gasteiger partial charge is 0.393 e. The molecule has 0 unspecified atom stereocenters. The van der Waals surface area contributed by atoms with Crippen molar-refractivity contribution in [1.82, 2.24) is 4.90 Å². The topological polar surface area (TPSA) is 49.8 Å². The van der Waals surface area contributed by atoms with E-state index in [1.165, 1.54) is 6.07 Å². The lowest BCUT2D eigenvalue weighted by atomic mass is 9.81. The Balaban J connectivity index is 1.51. The van der Waals surface area contributed by atoms with Crippen molar-refractivity contribution in [3.8, 4) is 0 Å². The van der Waals surface area contributed by atoms with Gasteiger partial charge in [0, 0.05) is 25.9 Å². The molecule has 0 aromatic heterocycles. The molecule has 4 nitrogen and oxygen atoms in total. The van der Waals surface area contributed by atoms with Gasteiger partial charge < -0.3 is 14.7 Å². The Kier molecular flexibility index (Phi) is 5.74. The molecular formula is C20H28FNO3. The van der Waals surface area contributed by atoms with E-state index in [1.54, 1.807) is 18.2 Å². The van der Waals surface area contributed by atoms with E-state index in [0.717, 1.165) is 19.3 Å². The zero-order valence-electron chi connectivity index (χ0n) is 14.9. The Labute approximate surface area is 149 Å². The monoisotopic (exact) mass is 349 g/mol. The molecule has 2 atom stereocenters. The lowest BCUT2D eigenvalue weighted by Crippen LogP contribution is -2.53. The number of hydrogen-bond donors (Lipinski definition) is 1. The number of rotatable bonds is 4. The molecule has 25 heavy (non-hydrogen) atoms. The Bertz CT molecular complexity index is 598. The molecule has 0 radical (unpaired) electrons. The lowest BCUT2D eigenvalue weighted by molar-refractivity contribution is -0.183. The van der Waals surface area contributed by atoms with E-state index in [-0.39, 0.29) is 29.5 Å². The number of likely N-dealkylation sites (tertiary alicyclic amines) is 1. The molecule has 3 rings (SSSR count). The molecule has 2 heterocycles. The van der Waals surface area contributed by atoms with Gasteiger partial charge in [-0.25, -0.2) is 4.39 Å². The van der Waals surface area contributed by atoms with Gasteiger partial charge in [-0.3, -0.25) is 4.79 Å². The molecule has 2 fully saturated rings. The van der Waals surface area contributed by atoms with E-state index in [9.17, 15) is 14.3 Å². The van der Waals surface area contributed by atoms with Gasteiger partial charge in [0.15, 0.2) is 0 Å². The second kappa shape index (κ2) is 7.83. The summed E-state index contributed by atoms with van der Waals surface area (Å²) in [6.45, 7) is 3.39. The fraction of sp³-hybridized carbons (Fsp3) is 0.650. The van der Waals surface area contributed by atoms with Crippen LogP contribution in [0.15, 0.2) is 24.3 Å².